The lowest BCUT2D eigenvalue weighted by Gasteiger charge is -2.29. The van der Waals surface area contributed by atoms with Gasteiger partial charge in [0.25, 0.3) is 5.91 Å². The summed E-state index contributed by atoms with van der Waals surface area (Å²) in [5.41, 5.74) is 0. The summed E-state index contributed by atoms with van der Waals surface area (Å²) in [5.74, 6) is -0.318. The first kappa shape index (κ1) is 17.5. The molecule has 1 unspecified atom stereocenters. The fraction of sp³-hybridized carbons (Fsp3) is 0.600. The smallest absolute Gasteiger partial charge is 0.289 e. The Morgan fingerprint density at radius 3 is 2.65 bits per heavy atom. The van der Waals surface area contributed by atoms with Crippen molar-refractivity contribution < 1.29 is 22.4 Å². The second kappa shape index (κ2) is 7.16. The van der Waals surface area contributed by atoms with Gasteiger partial charge in [-0.1, -0.05) is 6.92 Å². The minimum atomic E-state index is -3.06. The van der Waals surface area contributed by atoms with E-state index in [1.54, 1.807) is 11.0 Å². The van der Waals surface area contributed by atoms with Crippen LogP contribution in [0.5, 0.6) is 0 Å². The van der Waals surface area contributed by atoms with Crippen molar-refractivity contribution in [2.45, 2.75) is 25.8 Å². The van der Waals surface area contributed by atoms with Crippen molar-refractivity contribution in [3.8, 4) is 0 Å². The number of hydrogen-bond acceptors (Lipinski definition) is 5. The van der Waals surface area contributed by atoms with Gasteiger partial charge in [0.15, 0.2) is 15.6 Å². The van der Waals surface area contributed by atoms with Crippen molar-refractivity contribution in [2.75, 3.05) is 31.6 Å². The molecule has 8 heteroatoms. The first-order chi connectivity index (χ1) is 10.8. The number of hydrogen-bond donors (Lipinski definition) is 0. The predicted molar refractivity (Wildman–Crippen MR) is 84.7 cm³/mol. The zero-order chi connectivity index (χ0) is 17.0. The minimum absolute atomic E-state index is 0.00852. The molecule has 0 aliphatic carbocycles. The van der Waals surface area contributed by atoms with Crippen molar-refractivity contribution in [1.29, 1.82) is 0 Å². The van der Waals surface area contributed by atoms with E-state index in [0.717, 1.165) is 6.42 Å². The lowest BCUT2D eigenvalue weighted by atomic mass is 10.2. The molecule has 2 heterocycles. The Bertz CT molecular complexity index is 653. The third kappa shape index (κ3) is 4.34. The Kier molecular flexibility index (Phi) is 5.46. The third-order valence-corrected chi connectivity index (χ3v) is 5.64. The topological polar surface area (TPSA) is 87.9 Å². The van der Waals surface area contributed by atoms with Crippen LogP contribution >= 0.6 is 0 Å². The molecule has 7 nitrogen and oxygen atoms in total. The highest BCUT2D eigenvalue weighted by atomic mass is 32.2. The maximum absolute atomic E-state index is 12.5. The van der Waals surface area contributed by atoms with Crippen LogP contribution in [0.2, 0.25) is 0 Å². The molecule has 1 atom stereocenters. The number of nitrogens with zero attached hydrogens (tertiary/aromatic N) is 2. The molecular formula is C15H22N2O5S. The highest BCUT2D eigenvalue weighted by Gasteiger charge is 2.34. The average Bonchev–Trinajstić information content (AvgIpc) is 3.13. The summed E-state index contributed by atoms with van der Waals surface area (Å²) in [7, 11) is -1.54. The monoisotopic (exact) mass is 342 g/mol. The normalized spacial score (nSPS) is 19.5. The van der Waals surface area contributed by atoms with Crippen molar-refractivity contribution in [2.24, 2.45) is 0 Å². The van der Waals surface area contributed by atoms with E-state index in [1.165, 1.54) is 24.3 Å². The summed E-state index contributed by atoms with van der Waals surface area (Å²) in [6.07, 6.45) is 2.59. The maximum atomic E-state index is 12.5. The molecule has 0 saturated carbocycles. The number of furan rings is 1. The molecule has 1 aromatic heterocycles. The molecule has 1 aliphatic heterocycles. The van der Waals surface area contributed by atoms with E-state index in [4.69, 9.17) is 4.42 Å². The fourth-order valence-corrected chi connectivity index (χ4v) is 4.46. The molecular weight excluding hydrogens is 320 g/mol. The van der Waals surface area contributed by atoms with Gasteiger partial charge in [-0.05, 0) is 25.0 Å². The average molecular weight is 342 g/mol. The number of sulfone groups is 1. The van der Waals surface area contributed by atoms with Crippen LogP contribution in [0.4, 0.5) is 0 Å². The SMILES string of the molecule is CCCN(C(=O)CN(C)C(=O)c1ccco1)C1CCS(=O)(=O)C1. The third-order valence-electron chi connectivity index (χ3n) is 3.89. The summed E-state index contributed by atoms with van der Waals surface area (Å²) >= 11 is 0. The number of carbonyl (C=O) groups is 2. The lowest BCUT2D eigenvalue weighted by molar-refractivity contribution is -0.133. The second-order valence-electron chi connectivity index (χ2n) is 5.78. The zero-order valence-electron chi connectivity index (χ0n) is 13.4. The molecule has 0 N–H and O–H groups in total. The first-order valence-corrected chi connectivity index (χ1v) is 9.45. The van der Waals surface area contributed by atoms with Gasteiger partial charge in [0, 0.05) is 19.6 Å². The van der Waals surface area contributed by atoms with Crippen LogP contribution in [-0.2, 0) is 14.6 Å². The molecule has 0 bridgehead atoms. The largest absolute Gasteiger partial charge is 0.459 e. The van der Waals surface area contributed by atoms with Crippen molar-refractivity contribution >= 4 is 21.7 Å². The molecule has 2 amide bonds. The molecule has 1 saturated heterocycles. The van der Waals surface area contributed by atoms with Gasteiger partial charge in [0.2, 0.25) is 5.91 Å². The van der Waals surface area contributed by atoms with Crippen LogP contribution in [0.25, 0.3) is 0 Å². The Balaban J connectivity index is 2.02. The first-order valence-electron chi connectivity index (χ1n) is 7.63. The Labute approximate surface area is 136 Å². The Morgan fingerprint density at radius 2 is 2.13 bits per heavy atom. The predicted octanol–water partition coefficient (Wildman–Crippen LogP) is 0.777. The van der Waals surface area contributed by atoms with Gasteiger partial charge < -0.3 is 14.2 Å². The van der Waals surface area contributed by atoms with Crippen LogP contribution in [0, 0.1) is 0 Å². The van der Waals surface area contributed by atoms with E-state index >= 15 is 0 Å². The minimum Gasteiger partial charge on any atom is -0.459 e. The fourth-order valence-electron chi connectivity index (χ4n) is 2.73. The Hall–Kier alpha value is -1.83. The number of rotatable bonds is 6. The second-order valence-corrected chi connectivity index (χ2v) is 8.01. The lowest BCUT2D eigenvalue weighted by Crippen LogP contribution is -2.47. The summed E-state index contributed by atoms with van der Waals surface area (Å²) in [6, 6.07) is 2.85. The molecule has 128 valence electrons. The van der Waals surface area contributed by atoms with E-state index in [-0.39, 0.29) is 41.7 Å². The molecule has 0 radical (unpaired) electrons. The van der Waals surface area contributed by atoms with Gasteiger partial charge >= 0.3 is 0 Å². The molecule has 23 heavy (non-hydrogen) atoms. The van der Waals surface area contributed by atoms with Crippen LogP contribution < -0.4 is 0 Å². The van der Waals surface area contributed by atoms with Gasteiger partial charge in [-0.3, -0.25) is 9.59 Å². The quantitative estimate of drug-likeness (QED) is 0.762. The summed E-state index contributed by atoms with van der Waals surface area (Å²) in [6.45, 7) is 2.32. The van der Waals surface area contributed by atoms with Crippen molar-refractivity contribution in [1.82, 2.24) is 9.80 Å². The van der Waals surface area contributed by atoms with Gasteiger partial charge in [-0.15, -0.1) is 0 Å². The van der Waals surface area contributed by atoms with Crippen LogP contribution in [-0.4, -0.2) is 67.7 Å². The molecule has 1 aliphatic rings. The van der Waals surface area contributed by atoms with Crippen LogP contribution in [0.1, 0.15) is 30.3 Å². The van der Waals surface area contributed by atoms with Gasteiger partial charge in [-0.2, -0.15) is 0 Å². The summed E-state index contributed by atoms with van der Waals surface area (Å²) < 4.78 is 28.3. The van der Waals surface area contributed by atoms with Crippen molar-refractivity contribution in [3.63, 3.8) is 0 Å². The summed E-state index contributed by atoms with van der Waals surface area (Å²) in [5, 5.41) is 0. The van der Waals surface area contributed by atoms with E-state index in [0.29, 0.717) is 13.0 Å². The molecule has 1 fully saturated rings. The number of carbonyl (C=O) groups excluding carboxylic acids is 2. The standard InChI is InChI=1S/C15H22N2O5S/c1-3-7-17(12-6-9-23(20,21)11-12)14(18)10-16(2)15(19)13-5-4-8-22-13/h4-5,8,12H,3,6-7,9-11H2,1-2H3. The molecule has 1 aromatic rings. The van der Waals surface area contributed by atoms with Gasteiger partial charge in [-0.25, -0.2) is 8.42 Å². The Morgan fingerprint density at radius 1 is 1.39 bits per heavy atom. The van der Waals surface area contributed by atoms with E-state index in [9.17, 15) is 18.0 Å². The number of likely N-dealkylation sites (N-methyl/N-ethyl adjacent to an activating group) is 1. The van der Waals surface area contributed by atoms with Gasteiger partial charge in [0.05, 0.1) is 24.3 Å². The zero-order valence-corrected chi connectivity index (χ0v) is 14.2. The highest BCUT2D eigenvalue weighted by molar-refractivity contribution is 7.91. The van der Waals surface area contributed by atoms with E-state index < -0.39 is 9.84 Å². The maximum Gasteiger partial charge on any atom is 0.289 e. The van der Waals surface area contributed by atoms with Crippen LogP contribution in [0.3, 0.4) is 0 Å². The van der Waals surface area contributed by atoms with Crippen molar-refractivity contribution in [3.05, 3.63) is 24.2 Å². The molecule has 0 spiro atoms. The number of amides is 2. The van der Waals surface area contributed by atoms with Gasteiger partial charge in [0.1, 0.15) is 0 Å². The highest BCUT2D eigenvalue weighted by Crippen LogP contribution is 2.18. The molecule has 0 aromatic carbocycles. The molecule has 2 rings (SSSR count). The van der Waals surface area contributed by atoms with E-state index in [1.807, 2.05) is 6.92 Å². The summed E-state index contributed by atoms with van der Waals surface area (Å²) in [4.78, 5) is 27.5. The van der Waals surface area contributed by atoms with Crippen LogP contribution in [0.15, 0.2) is 22.8 Å². The van der Waals surface area contributed by atoms with E-state index in [2.05, 4.69) is 0 Å².